The Labute approximate surface area is 111 Å². The zero-order valence-corrected chi connectivity index (χ0v) is 10.6. The largest absolute Gasteiger partial charge is 0.396 e. The topological polar surface area (TPSA) is 55.1 Å². The molecule has 2 aromatic rings. The van der Waals surface area contributed by atoms with Crippen molar-refractivity contribution in [3.8, 4) is 0 Å². The van der Waals surface area contributed by atoms with Crippen molar-refractivity contribution >= 4 is 11.6 Å². The molecule has 0 saturated carbocycles. The van der Waals surface area contributed by atoms with Crippen molar-refractivity contribution in [3.05, 3.63) is 65.5 Å². The van der Waals surface area contributed by atoms with Gasteiger partial charge in [0.1, 0.15) is 5.82 Å². The lowest BCUT2D eigenvalue weighted by molar-refractivity contribution is 0.0939. The highest BCUT2D eigenvalue weighted by Gasteiger charge is 2.12. The van der Waals surface area contributed by atoms with Gasteiger partial charge in [-0.1, -0.05) is 30.3 Å². The molecule has 2 rings (SSSR count). The lowest BCUT2D eigenvalue weighted by Crippen LogP contribution is -2.26. The van der Waals surface area contributed by atoms with Crippen LogP contribution in [0.5, 0.6) is 0 Å². The highest BCUT2D eigenvalue weighted by atomic mass is 19.1. The van der Waals surface area contributed by atoms with E-state index in [4.69, 9.17) is 5.73 Å². The number of hydrogen-bond acceptors (Lipinski definition) is 2. The lowest BCUT2D eigenvalue weighted by atomic mass is 10.1. The highest BCUT2D eigenvalue weighted by molar-refractivity contribution is 5.94. The van der Waals surface area contributed by atoms with Gasteiger partial charge < -0.3 is 11.1 Å². The van der Waals surface area contributed by atoms with Gasteiger partial charge in [0.15, 0.2) is 0 Å². The smallest absolute Gasteiger partial charge is 0.251 e. The minimum atomic E-state index is -0.583. The molecular formula is C15H15FN2O. The second-order valence-corrected chi connectivity index (χ2v) is 4.34. The van der Waals surface area contributed by atoms with Crippen molar-refractivity contribution in [2.45, 2.75) is 13.0 Å². The van der Waals surface area contributed by atoms with Crippen molar-refractivity contribution in [1.29, 1.82) is 0 Å². The quantitative estimate of drug-likeness (QED) is 0.832. The summed E-state index contributed by atoms with van der Waals surface area (Å²) in [6.45, 7) is 1.88. The van der Waals surface area contributed by atoms with Crippen LogP contribution in [0.3, 0.4) is 0 Å². The Kier molecular flexibility index (Phi) is 3.80. The summed E-state index contributed by atoms with van der Waals surface area (Å²) in [4.78, 5) is 12.0. The number of halogens is 1. The van der Waals surface area contributed by atoms with Gasteiger partial charge in [0.05, 0.1) is 11.7 Å². The summed E-state index contributed by atoms with van der Waals surface area (Å²) in [5.41, 5.74) is 6.66. The van der Waals surface area contributed by atoms with E-state index < -0.39 is 5.82 Å². The van der Waals surface area contributed by atoms with E-state index >= 15 is 0 Å². The molecule has 0 spiro atoms. The predicted octanol–water partition coefficient (Wildman–Crippen LogP) is 2.90. The van der Waals surface area contributed by atoms with Crippen LogP contribution >= 0.6 is 0 Å². The Hall–Kier alpha value is -2.36. The molecule has 1 amide bonds. The van der Waals surface area contributed by atoms with Crippen LogP contribution in [0.15, 0.2) is 48.5 Å². The van der Waals surface area contributed by atoms with Crippen LogP contribution < -0.4 is 11.1 Å². The van der Waals surface area contributed by atoms with Gasteiger partial charge in [0.25, 0.3) is 5.91 Å². The number of nitrogens with two attached hydrogens (primary N) is 1. The number of carbonyl (C=O) groups is 1. The average Bonchev–Trinajstić information content (AvgIpc) is 2.42. The Morgan fingerprint density at radius 1 is 1.21 bits per heavy atom. The number of nitrogen functional groups attached to an aromatic ring is 1. The molecule has 1 atom stereocenters. The Morgan fingerprint density at radius 3 is 2.53 bits per heavy atom. The summed E-state index contributed by atoms with van der Waals surface area (Å²) in [6, 6.07) is 13.5. The van der Waals surface area contributed by atoms with Crippen LogP contribution in [0.4, 0.5) is 10.1 Å². The highest BCUT2D eigenvalue weighted by Crippen LogP contribution is 2.15. The summed E-state index contributed by atoms with van der Waals surface area (Å²) in [5, 5.41) is 2.81. The van der Waals surface area contributed by atoms with Crippen LogP contribution in [0, 0.1) is 5.82 Å². The average molecular weight is 258 g/mol. The van der Waals surface area contributed by atoms with Crippen LogP contribution in [0.2, 0.25) is 0 Å². The van der Waals surface area contributed by atoms with Crippen LogP contribution in [0.25, 0.3) is 0 Å². The van der Waals surface area contributed by atoms with Crippen molar-refractivity contribution in [2.75, 3.05) is 5.73 Å². The van der Waals surface area contributed by atoms with Gasteiger partial charge >= 0.3 is 0 Å². The van der Waals surface area contributed by atoms with Crippen molar-refractivity contribution in [3.63, 3.8) is 0 Å². The van der Waals surface area contributed by atoms with Gasteiger partial charge in [-0.05, 0) is 30.7 Å². The maximum Gasteiger partial charge on any atom is 0.251 e. The number of nitrogens with one attached hydrogen (secondary N) is 1. The van der Waals surface area contributed by atoms with Gasteiger partial charge in [-0.2, -0.15) is 0 Å². The molecule has 0 aliphatic rings. The molecule has 0 aliphatic heterocycles. The van der Waals surface area contributed by atoms with Crippen molar-refractivity contribution in [2.24, 2.45) is 0 Å². The first-order valence-electron chi connectivity index (χ1n) is 5.99. The summed E-state index contributed by atoms with van der Waals surface area (Å²) >= 11 is 0. The first-order chi connectivity index (χ1) is 9.08. The zero-order valence-electron chi connectivity index (χ0n) is 10.6. The minimum Gasteiger partial charge on any atom is -0.396 e. The summed E-state index contributed by atoms with van der Waals surface area (Å²) in [6.07, 6.45) is 0. The molecule has 98 valence electrons. The molecule has 19 heavy (non-hydrogen) atoms. The predicted molar refractivity (Wildman–Crippen MR) is 73.1 cm³/mol. The van der Waals surface area contributed by atoms with E-state index in [0.29, 0.717) is 0 Å². The Balaban J connectivity index is 2.11. The standard InChI is InChI=1S/C15H15FN2O/c1-10(11-5-3-2-4-6-11)18-15(19)12-7-8-14(17)13(16)9-12/h2-10H,17H2,1H3,(H,18,19)/t10-/m1/s1. The zero-order chi connectivity index (χ0) is 13.8. The van der Waals surface area contributed by atoms with Crippen LogP contribution in [0.1, 0.15) is 28.9 Å². The molecule has 3 N–H and O–H groups in total. The molecule has 4 heteroatoms. The van der Waals surface area contributed by atoms with Crippen molar-refractivity contribution < 1.29 is 9.18 Å². The van der Waals surface area contributed by atoms with E-state index in [1.54, 1.807) is 0 Å². The fraction of sp³-hybridized carbons (Fsp3) is 0.133. The Bertz CT molecular complexity index is 584. The molecule has 2 aromatic carbocycles. The Morgan fingerprint density at radius 2 is 1.89 bits per heavy atom. The number of amides is 1. The molecule has 0 heterocycles. The minimum absolute atomic E-state index is 0.0349. The first kappa shape index (κ1) is 13.1. The number of anilines is 1. The fourth-order valence-corrected chi connectivity index (χ4v) is 1.77. The van der Waals surface area contributed by atoms with E-state index in [1.807, 2.05) is 37.3 Å². The third-order valence-corrected chi connectivity index (χ3v) is 2.91. The molecule has 0 aliphatic carbocycles. The molecule has 0 bridgehead atoms. The second-order valence-electron chi connectivity index (χ2n) is 4.34. The van der Waals surface area contributed by atoms with E-state index in [9.17, 15) is 9.18 Å². The monoisotopic (exact) mass is 258 g/mol. The normalized spacial score (nSPS) is 11.9. The first-order valence-corrected chi connectivity index (χ1v) is 5.99. The number of rotatable bonds is 3. The fourth-order valence-electron chi connectivity index (χ4n) is 1.77. The van der Waals surface area contributed by atoms with Gasteiger partial charge in [-0.15, -0.1) is 0 Å². The van der Waals surface area contributed by atoms with Crippen LogP contribution in [-0.2, 0) is 0 Å². The van der Waals surface area contributed by atoms with E-state index in [2.05, 4.69) is 5.32 Å². The number of benzene rings is 2. The van der Waals surface area contributed by atoms with E-state index in [1.165, 1.54) is 12.1 Å². The number of carbonyl (C=O) groups excluding carboxylic acids is 1. The molecule has 0 saturated heterocycles. The third-order valence-electron chi connectivity index (χ3n) is 2.91. The number of hydrogen-bond donors (Lipinski definition) is 2. The third kappa shape index (κ3) is 3.10. The van der Waals surface area contributed by atoms with Crippen molar-refractivity contribution in [1.82, 2.24) is 5.32 Å². The van der Waals surface area contributed by atoms with E-state index in [-0.39, 0.29) is 23.2 Å². The van der Waals surface area contributed by atoms with Gasteiger partial charge in [-0.25, -0.2) is 4.39 Å². The summed E-state index contributed by atoms with van der Waals surface area (Å²) in [5.74, 6) is -0.907. The summed E-state index contributed by atoms with van der Waals surface area (Å²) in [7, 11) is 0. The maximum absolute atomic E-state index is 13.3. The molecule has 0 aromatic heterocycles. The lowest BCUT2D eigenvalue weighted by Gasteiger charge is -2.14. The summed E-state index contributed by atoms with van der Waals surface area (Å²) < 4.78 is 13.3. The molecular weight excluding hydrogens is 243 g/mol. The van der Waals surface area contributed by atoms with Gasteiger partial charge in [0.2, 0.25) is 0 Å². The molecule has 0 radical (unpaired) electrons. The molecule has 3 nitrogen and oxygen atoms in total. The molecule has 0 unspecified atom stereocenters. The second kappa shape index (κ2) is 5.52. The maximum atomic E-state index is 13.3. The van der Waals surface area contributed by atoms with E-state index in [0.717, 1.165) is 11.6 Å². The van der Waals surface area contributed by atoms with Gasteiger partial charge in [-0.3, -0.25) is 4.79 Å². The SMILES string of the molecule is C[C@@H](NC(=O)c1ccc(N)c(F)c1)c1ccccc1. The molecule has 0 fully saturated rings. The van der Waals surface area contributed by atoms with Crippen LogP contribution in [-0.4, -0.2) is 5.91 Å². The van der Waals surface area contributed by atoms with Gasteiger partial charge in [0, 0.05) is 5.56 Å².